The minimum atomic E-state index is -0.221. The maximum Gasteiger partial charge on any atom is 0.231 e. The van der Waals surface area contributed by atoms with Gasteiger partial charge < -0.3 is 10.4 Å². The minimum absolute atomic E-state index is 0.138. The number of carbonyl (C=O) groups excluding carboxylic acids is 2. The molecule has 0 radical (unpaired) electrons. The third-order valence-corrected chi connectivity index (χ3v) is 5.20. The van der Waals surface area contributed by atoms with E-state index in [1.807, 2.05) is 54.6 Å². The maximum absolute atomic E-state index is 12.3. The number of aromatic nitrogens is 1. The molecule has 3 aromatic rings. The molecule has 0 saturated carbocycles. The first kappa shape index (κ1) is 17.9. The fourth-order valence-electron chi connectivity index (χ4n) is 2.97. The molecule has 1 aromatic heterocycles. The summed E-state index contributed by atoms with van der Waals surface area (Å²) in [5, 5.41) is 13.2. The van der Waals surface area contributed by atoms with Gasteiger partial charge in [-0.15, -0.1) is 0 Å². The number of hydrogen-bond acceptors (Lipinski definition) is 5. The van der Waals surface area contributed by atoms with Crippen molar-refractivity contribution in [2.24, 2.45) is 0 Å². The fourth-order valence-corrected chi connectivity index (χ4v) is 3.79. The Balaban J connectivity index is 1.57. The van der Waals surface area contributed by atoms with Gasteiger partial charge in [-0.25, -0.2) is 0 Å². The zero-order valence-corrected chi connectivity index (χ0v) is 15.6. The summed E-state index contributed by atoms with van der Waals surface area (Å²) in [6.07, 6.45) is 5.12. The number of hydrogen-bond donors (Lipinski definition) is 2. The first-order chi connectivity index (χ1) is 13.6. The van der Waals surface area contributed by atoms with Crippen molar-refractivity contribution in [3.63, 3.8) is 0 Å². The first-order valence-electron chi connectivity index (χ1n) is 8.67. The number of thiazole rings is 1. The van der Waals surface area contributed by atoms with E-state index in [0.717, 1.165) is 28.0 Å². The number of benzene rings is 2. The summed E-state index contributed by atoms with van der Waals surface area (Å²) in [4.78, 5) is 29.0. The standard InChI is InChI=1S/C22H16N2O3S/c25-18-11-10-15-8-4-5-9-16(15)17(18)13-19-21(27)24-22(28-19)23-20(26)12-14-6-2-1-3-7-14/h1-11,13,27H,12H2,(H,23,24,26)/b17-13-. The SMILES string of the molecule is O=C(Cc1ccccc1)Nc1nc(O)c(/C=C2\C(=O)C=Cc3ccccc32)s1. The third-order valence-electron chi connectivity index (χ3n) is 4.29. The molecule has 2 aromatic carbocycles. The molecule has 1 aliphatic rings. The Labute approximate surface area is 165 Å². The minimum Gasteiger partial charge on any atom is -0.492 e. The number of fused-ring (bicyclic) bond motifs is 1. The lowest BCUT2D eigenvalue weighted by Crippen LogP contribution is -2.13. The molecule has 28 heavy (non-hydrogen) atoms. The van der Waals surface area contributed by atoms with Gasteiger partial charge in [0.15, 0.2) is 10.9 Å². The second kappa shape index (κ2) is 7.62. The Morgan fingerprint density at radius 3 is 2.64 bits per heavy atom. The quantitative estimate of drug-likeness (QED) is 0.658. The van der Waals surface area contributed by atoms with Crippen molar-refractivity contribution in [2.45, 2.75) is 6.42 Å². The fraction of sp³-hybridized carbons (Fsp3) is 0.0455. The van der Waals surface area contributed by atoms with Crippen LogP contribution in [0.25, 0.3) is 17.7 Å². The maximum atomic E-state index is 12.3. The van der Waals surface area contributed by atoms with Crippen LogP contribution in [0.2, 0.25) is 0 Å². The Morgan fingerprint density at radius 2 is 1.82 bits per heavy atom. The van der Waals surface area contributed by atoms with Crippen LogP contribution in [0.3, 0.4) is 0 Å². The first-order valence-corrected chi connectivity index (χ1v) is 9.49. The van der Waals surface area contributed by atoms with Crippen molar-refractivity contribution in [3.05, 3.63) is 82.2 Å². The molecule has 1 amide bonds. The third kappa shape index (κ3) is 3.77. The van der Waals surface area contributed by atoms with Crippen LogP contribution in [0.1, 0.15) is 21.6 Å². The number of ketones is 1. The van der Waals surface area contributed by atoms with Crippen molar-refractivity contribution in [1.29, 1.82) is 0 Å². The normalized spacial score (nSPS) is 14.1. The van der Waals surface area contributed by atoms with Crippen molar-refractivity contribution in [3.8, 4) is 5.88 Å². The number of anilines is 1. The van der Waals surface area contributed by atoms with Crippen LogP contribution in [0, 0.1) is 0 Å². The molecule has 0 fully saturated rings. The van der Waals surface area contributed by atoms with Gasteiger partial charge in [0.05, 0.1) is 11.3 Å². The zero-order chi connectivity index (χ0) is 19.5. The molecule has 5 nitrogen and oxygen atoms in total. The van der Waals surface area contributed by atoms with E-state index in [0.29, 0.717) is 10.5 Å². The highest BCUT2D eigenvalue weighted by molar-refractivity contribution is 7.17. The number of carbonyl (C=O) groups is 2. The molecular weight excluding hydrogens is 372 g/mol. The van der Waals surface area contributed by atoms with E-state index in [2.05, 4.69) is 10.3 Å². The largest absolute Gasteiger partial charge is 0.492 e. The number of aromatic hydroxyl groups is 1. The lowest BCUT2D eigenvalue weighted by atomic mass is 9.91. The summed E-state index contributed by atoms with van der Waals surface area (Å²) in [5.41, 5.74) is 3.12. The lowest BCUT2D eigenvalue weighted by Gasteiger charge is -2.12. The number of amides is 1. The van der Waals surface area contributed by atoms with E-state index in [4.69, 9.17) is 0 Å². The highest BCUT2D eigenvalue weighted by Gasteiger charge is 2.19. The highest BCUT2D eigenvalue weighted by atomic mass is 32.1. The monoisotopic (exact) mass is 388 g/mol. The van der Waals surface area contributed by atoms with Gasteiger partial charge in [0.2, 0.25) is 11.8 Å². The molecule has 0 saturated heterocycles. The Kier molecular flexibility index (Phi) is 4.87. The lowest BCUT2D eigenvalue weighted by molar-refractivity contribution is -0.115. The average molecular weight is 388 g/mol. The van der Waals surface area contributed by atoms with E-state index in [1.54, 1.807) is 12.2 Å². The van der Waals surface area contributed by atoms with E-state index in [-0.39, 0.29) is 29.1 Å². The van der Waals surface area contributed by atoms with Crippen molar-refractivity contribution < 1.29 is 14.7 Å². The van der Waals surface area contributed by atoms with Crippen molar-refractivity contribution in [2.75, 3.05) is 5.32 Å². The van der Waals surface area contributed by atoms with Gasteiger partial charge in [0, 0.05) is 5.57 Å². The van der Waals surface area contributed by atoms with Gasteiger partial charge in [-0.1, -0.05) is 72.0 Å². The summed E-state index contributed by atoms with van der Waals surface area (Å²) in [6, 6.07) is 16.9. The number of rotatable bonds is 4. The Morgan fingerprint density at radius 1 is 1.07 bits per heavy atom. The second-order valence-electron chi connectivity index (χ2n) is 6.26. The molecule has 0 bridgehead atoms. The van der Waals surface area contributed by atoms with Gasteiger partial charge >= 0.3 is 0 Å². The predicted octanol–water partition coefficient (Wildman–Crippen LogP) is 4.17. The van der Waals surface area contributed by atoms with Gasteiger partial charge in [-0.3, -0.25) is 9.59 Å². The van der Waals surface area contributed by atoms with Crippen LogP contribution >= 0.6 is 11.3 Å². The summed E-state index contributed by atoms with van der Waals surface area (Å²) >= 11 is 1.12. The molecule has 1 heterocycles. The van der Waals surface area contributed by atoms with Crippen molar-refractivity contribution in [1.82, 2.24) is 4.98 Å². The zero-order valence-electron chi connectivity index (χ0n) is 14.8. The topological polar surface area (TPSA) is 79.3 Å². The van der Waals surface area contributed by atoms with Crippen LogP contribution in [-0.4, -0.2) is 21.8 Å². The molecule has 0 aliphatic heterocycles. The van der Waals surface area contributed by atoms with E-state index < -0.39 is 0 Å². The van der Waals surface area contributed by atoms with Gasteiger partial charge in [-0.2, -0.15) is 4.98 Å². The number of nitrogens with zero attached hydrogens (tertiary/aromatic N) is 1. The summed E-state index contributed by atoms with van der Waals surface area (Å²) in [6.45, 7) is 0. The summed E-state index contributed by atoms with van der Waals surface area (Å²) in [5.74, 6) is -0.574. The average Bonchev–Trinajstić information content (AvgIpc) is 3.03. The smallest absolute Gasteiger partial charge is 0.231 e. The number of nitrogens with one attached hydrogen (secondary N) is 1. The highest BCUT2D eigenvalue weighted by Crippen LogP contribution is 2.34. The molecule has 4 rings (SSSR count). The number of allylic oxidation sites excluding steroid dienone is 2. The van der Waals surface area contributed by atoms with Gasteiger partial charge in [-0.05, 0) is 28.8 Å². The summed E-state index contributed by atoms with van der Waals surface area (Å²) < 4.78 is 0. The molecule has 0 spiro atoms. The Bertz CT molecular complexity index is 1110. The summed E-state index contributed by atoms with van der Waals surface area (Å²) in [7, 11) is 0. The molecule has 2 N–H and O–H groups in total. The molecule has 0 atom stereocenters. The van der Waals surface area contributed by atoms with E-state index in [9.17, 15) is 14.7 Å². The molecule has 6 heteroatoms. The van der Waals surface area contributed by atoms with Crippen LogP contribution in [-0.2, 0) is 16.0 Å². The van der Waals surface area contributed by atoms with Crippen LogP contribution in [0.15, 0.2) is 60.7 Å². The van der Waals surface area contributed by atoms with E-state index >= 15 is 0 Å². The second-order valence-corrected chi connectivity index (χ2v) is 7.29. The van der Waals surface area contributed by atoms with Crippen LogP contribution in [0.4, 0.5) is 5.13 Å². The van der Waals surface area contributed by atoms with E-state index in [1.165, 1.54) is 6.08 Å². The molecule has 138 valence electrons. The predicted molar refractivity (Wildman–Crippen MR) is 111 cm³/mol. The molecule has 1 aliphatic carbocycles. The van der Waals surface area contributed by atoms with Crippen molar-refractivity contribution >= 4 is 45.9 Å². The van der Waals surface area contributed by atoms with Gasteiger partial charge in [0.1, 0.15) is 0 Å². The Hall–Kier alpha value is -3.51. The molecule has 0 unspecified atom stereocenters. The van der Waals surface area contributed by atoms with Gasteiger partial charge in [0.25, 0.3) is 0 Å². The molecular formula is C22H16N2O3S. The van der Waals surface area contributed by atoms with Crippen LogP contribution < -0.4 is 5.32 Å². The van der Waals surface area contributed by atoms with Crippen LogP contribution in [0.5, 0.6) is 5.88 Å².